The Kier molecular flexibility index (Phi) is 6.77. The molecule has 30 heavy (non-hydrogen) atoms. The number of thioether (sulfide) groups is 1. The maximum Gasteiger partial charge on any atom is 0.242 e. The minimum Gasteiger partial charge on any atom is -0.386 e. The number of aromatic nitrogens is 1. The zero-order valence-corrected chi connectivity index (χ0v) is 18.1. The molecule has 2 unspecified atom stereocenters. The van der Waals surface area contributed by atoms with Gasteiger partial charge in [-0.1, -0.05) is 6.07 Å². The van der Waals surface area contributed by atoms with Gasteiger partial charge in [-0.15, -0.1) is 11.8 Å². The summed E-state index contributed by atoms with van der Waals surface area (Å²) in [6, 6.07) is 6.02. The van der Waals surface area contributed by atoms with E-state index in [2.05, 4.69) is 9.98 Å². The number of rotatable bonds is 6. The SMILES string of the molecule is Cc1cc(CC(F)F)cnc1-c1ccc(F)c(C2N=C(N)C(C)(C)SC2CCN)c1. The molecule has 0 radical (unpaired) electrons. The molecule has 1 aromatic heterocycles. The summed E-state index contributed by atoms with van der Waals surface area (Å²) in [7, 11) is 0. The highest BCUT2D eigenvalue weighted by Gasteiger charge is 2.38. The third-order valence-corrected chi connectivity index (χ3v) is 6.85. The molecule has 2 atom stereocenters. The lowest BCUT2D eigenvalue weighted by Crippen LogP contribution is -2.43. The van der Waals surface area contributed by atoms with Crippen LogP contribution in [0.25, 0.3) is 11.3 Å². The van der Waals surface area contributed by atoms with E-state index in [0.29, 0.717) is 41.2 Å². The van der Waals surface area contributed by atoms with Gasteiger partial charge >= 0.3 is 0 Å². The van der Waals surface area contributed by atoms with Gasteiger partial charge in [0.1, 0.15) is 11.7 Å². The summed E-state index contributed by atoms with van der Waals surface area (Å²) in [5, 5.41) is -0.00970. The monoisotopic (exact) mass is 436 g/mol. The van der Waals surface area contributed by atoms with Gasteiger partial charge in [-0.3, -0.25) is 9.98 Å². The standard InChI is InChI=1S/C22H27F3N4S/c1-12-8-13(9-18(24)25)11-28-19(12)14-4-5-16(23)15(10-14)20-17(6-7-26)30-22(2,3)21(27)29-20/h4-5,8,10-11,17-18,20H,6-7,9,26H2,1-3H3,(H2,27,29). The lowest BCUT2D eigenvalue weighted by atomic mass is 9.95. The highest BCUT2D eigenvalue weighted by atomic mass is 32.2. The number of pyridine rings is 1. The Morgan fingerprint density at radius 3 is 2.60 bits per heavy atom. The Morgan fingerprint density at radius 2 is 1.97 bits per heavy atom. The minimum absolute atomic E-state index is 0.00970. The largest absolute Gasteiger partial charge is 0.386 e. The van der Waals surface area contributed by atoms with Gasteiger partial charge in [0.25, 0.3) is 0 Å². The molecule has 0 saturated heterocycles. The van der Waals surface area contributed by atoms with Crippen molar-refractivity contribution in [2.24, 2.45) is 16.5 Å². The van der Waals surface area contributed by atoms with E-state index in [-0.39, 0.29) is 22.2 Å². The van der Waals surface area contributed by atoms with Crippen LogP contribution in [0.2, 0.25) is 0 Å². The van der Waals surface area contributed by atoms with E-state index in [1.807, 2.05) is 20.8 Å². The smallest absolute Gasteiger partial charge is 0.242 e. The average Bonchev–Trinajstić information content (AvgIpc) is 2.65. The maximum absolute atomic E-state index is 14.9. The summed E-state index contributed by atoms with van der Waals surface area (Å²) in [5.74, 6) is 0.107. The van der Waals surface area contributed by atoms with Crippen molar-refractivity contribution >= 4 is 17.6 Å². The fourth-order valence-corrected chi connectivity index (χ4v) is 5.21. The van der Waals surface area contributed by atoms with Crippen LogP contribution < -0.4 is 11.5 Å². The minimum atomic E-state index is -2.43. The zero-order chi connectivity index (χ0) is 22.1. The van der Waals surface area contributed by atoms with Crippen molar-refractivity contribution in [1.29, 1.82) is 0 Å². The second-order valence-corrected chi connectivity index (χ2v) is 9.91. The number of aliphatic imine (C=N–C) groups is 1. The molecule has 0 aliphatic carbocycles. The second kappa shape index (κ2) is 8.98. The van der Waals surface area contributed by atoms with Gasteiger partial charge in [0.2, 0.25) is 6.43 Å². The predicted octanol–water partition coefficient (Wildman–Crippen LogP) is 4.64. The molecule has 1 aliphatic heterocycles. The molecule has 4 nitrogen and oxygen atoms in total. The summed E-state index contributed by atoms with van der Waals surface area (Å²) in [5.41, 5.74) is 15.0. The van der Waals surface area contributed by atoms with Gasteiger partial charge in [0.05, 0.1) is 16.5 Å². The van der Waals surface area contributed by atoms with Crippen molar-refractivity contribution in [3.05, 3.63) is 53.0 Å². The number of benzene rings is 1. The Hall–Kier alpha value is -2.06. The fraction of sp³-hybridized carbons (Fsp3) is 0.455. The van der Waals surface area contributed by atoms with E-state index >= 15 is 0 Å². The van der Waals surface area contributed by atoms with Gasteiger partial charge in [-0.05, 0) is 63.1 Å². The number of amidine groups is 1. The van der Waals surface area contributed by atoms with Gasteiger partial charge in [-0.2, -0.15) is 0 Å². The average molecular weight is 437 g/mol. The summed E-state index contributed by atoms with van der Waals surface area (Å²) in [6.07, 6.45) is -0.639. The summed E-state index contributed by atoms with van der Waals surface area (Å²) in [6.45, 7) is 6.27. The van der Waals surface area contributed by atoms with E-state index in [1.165, 1.54) is 12.3 Å². The van der Waals surface area contributed by atoms with Gasteiger partial charge in [0.15, 0.2) is 0 Å². The number of aryl methyl sites for hydroxylation is 1. The third kappa shape index (κ3) is 4.81. The number of hydrogen-bond donors (Lipinski definition) is 2. The normalized spacial score (nSPS) is 21.0. The van der Waals surface area contributed by atoms with Crippen molar-refractivity contribution in [3.63, 3.8) is 0 Å². The van der Waals surface area contributed by atoms with E-state index < -0.39 is 12.5 Å². The van der Waals surface area contributed by atoms with E-state index in [0.717, 1.165) is 5.56 Å². The predicted molar refractivity (Wildman–Crippen MR) is 118 cm³/mol. The van der Waals surface area contributed by atoms with Crippen LogP contribution >= 0.6 is 11.8 Å². The topological polar surface area (TPSA) is 77.3 Å². The van der Waals surface area contributed by atoms with Crippen molar-refractivity contribution < 1.29 is 13.2 Å². The molecule has 1 aliphatic rings. The van der Waals surface area contributed by atoms with Crippen LogP contribution in [-0.4, -0.2) is 33.8 Å². The Labute approximate surface area is 179 Å². The van der Waals surface area contributed by atoms with E-state index in [4.69, 9.17) is 11.5 Å². The van der Waals surface area contributed by atoms with Gasteiger partial charge in [0, 0.05) is 29.0 Å². The number of nitrogens with two attached hydrogens (primary N) is 2. The molecule has 0 amide bonds. The number of hydrogen-bond acceptors (Lipinski definition) is 5. The molecular weight excluding hydrogens is 409 g/mol. The first kappa shape index (κ1) is 22.6. The Balaban J connectivity index is 2.02. The maximum atomic E-state index is 14.9. The van der Waals surface area contributed by atoms with E-state index in [9.17, 15) is 13.2 Å². The van der Waals surface area contributed by atoms with Crippen LogP contribution in [0.3, 0.4) is 0 Å². The number of halogens is 3. The molecule has 8 heteroatoms. The fourth-order valence-electron chi connectivity index (χ4n) is 3.69. The highest BCUT2D eigenvalue weighted by molar-refractivity contribution is 8.02. The van der Waals surface area contributed by atoms with Crippen LogP contribution in [0.1, 0.15) is 43.0 Å². The van der Waals surface area contributed by atoms with Crippen LogP contribution in [0.4, 0.5) is 13.2 Å². The molecule has 2 heterocycles. The molecule has 1 aromatic carbocycles. The lowest BCUT2D eigenvalue weighted by Gasteiger charge is -2.38. The lowest BCUT2D eigenvalue weighted by molar-refractivity contribution is 0.149. The van der Waals surface area contributed by atoms with Crippen molar-refractivity contribution in [1.82, 2.24) is 4.98 Å². The third-order valence-electron chi connectivity index (χ3n) is 5.26. The molecule has 0 fully saturated rings. The van der Waals surface area contributed by atoms with Gasteiger partial charge in [-0.25, -0.2) is 13.2 Å². The first-order valence-corrected chi connectivity index (χ1v) is 10.8. The van der Waals surface area contributed by atoms with Crippen LogP contribution in [0.5, 0.6) is 0 Å². The highest BCUT2D eigenvalue weighted by Crippen LogP contribution is 2.44. The summed E-state index contributed by atoms with van der Waals surface area (Å²) in [4.78, 5) is 9.01. The zero-order valence-electron chi connectivity index (χ0n) is 17.3. The van der Waals surface area contributed by atoms with E-state index in [1.54, 1.807) is 30.0 Å². The summed E-state index contributed by atoms with van der Waals surface area (Å²) < 4.78 is 39.8. The first-order chi connectivity index (χ1) is 14.1. The Morgan fingerprint density at radius 1 is 1.23 bits per heavy atom. The van der Waals surface area contributed by atoms with Crippen molar-refractivity contribution in [2.45, 2.75) is 56.1 Å². The quantitative estimate of drug-likeness (QED) is 0.691. The van der Waals surface area contributed by atoms with Crippen molar-refractivity contribution in [2.75, 3.05) is 6.54 Å². The van der Waals surface area contributed by atoms with Crippen LogP contribution in [0.15, 0.2) is 35.5 Å². The second-order valence-electron chi connectivity index (χ2n) is 8.04. The molecule has 0 spiro atoms. The Bertz CT molecular complexity index is 946. The molecule has 3 rings (SSSR count). The molecule has 162 valence electrons. The van der Waals surface area contributed by atoms with Gasteiger partial charge < -0.3 is 11.5 Å². The van der Waals surface area contributed by atoms with Crippen molar-refractivity contribution in [3.8, 4) is 11.3 Å². The van der Waals surface area contributed by atoms with Crippen LogP contribution in [0, 0.1) is 12.7 Å². The summed E-state index contributed by atoms with van der Waals surface area (Å²) >= 11 is 1.66. The molecular formula is C22H27F3N4S. The molecule has 0 saturated carbocycles. The first-order valence-electron chi connectivity index (χ1n) is 9.87. The van der Waals surface area contributed by atoms with Crippen LogP contribution in [-0.2, 0) is 6.42 Å². The number of nitrogens with zero attached hydrogens (tertiary/aromatic N) is 2. The number of alkyl halides is 2. The molecule has 2 aromatic rings. The molecule has 4 N–H and O–H groups in total. The molecule has 0 bridgehead atoms.